The van der Waals surface area contributed by atoms with Gasteiger partial charge in [-0.1, -0.05) is 81.4 Å². The SMILES string of the molecule is CC(C)(C)c1nc(-c2ccc(-c3ccccc3)cc2)nc(-c2ccccn2)n1. The average Bonchev–Trinajstić information content (AvgIpc) is 2.74. The Bertz CT molecular complexity index is 1070. The predicted molar refractivity (Wildman–Crippen MR) is 113 cm³/mol. The number of pyridine rings is 1. The van der Waals surface area contributed by atoms with Gasteiger partial charge in [-0.3, -0.25) is 4.98 Å². The highest BCUT2D eigenvalue weighted by molar-refractivity contribution is 5.68. The van der Waals surface area contributed by atoms with E-state index >= 15 is 0 Å². The van der Waals surface area contributed by atoms with E-state index in [4.69, 9.17) is 9.97 Å². The van der Waals surface area contributed by atoms with Gasteiger partial charge in [-0.05, 0) is 23.3 Å². The van der Waals surface area contributed by atoms with Crippen molar-refractivity contribution in [2.75, 3.05) is 0 Å². The number of hydrogen-bond donors (Lipinski definition) is 0. The molecule has 0 saturated carbocycles. The van der Waals surface area contributed by atoms with Crippen LogP contribution in [0.1, 0.15) is 26.6 Å². The highest BCUT2D eigenvalue weighted by atomic mass is 15.1. The van der Waals surface area contributed by atoms with E-state index in [0.717, 1.165) is 17.1 Å². The zero-order valence-corrected chi connectivity index (χ0v) is 16.3. The van der Waals surface area contributed by atoms with E-state index in [9.17, 15) is 0 Å². The van der Waals surface area contributed by atoms with Gasteiger partial charge in [0.2, 0.25) is 0 Å². The van der Waals surface area contributed by atoms with E-state index in [1.165, 1.54) is 11.1 Å². The maximum Gasteiger partial charge on any atom is 0.182 e. The third-order valence-electron chi connectivity index (χ3n) is 4.45. The van der Waals surface area contributed by atoms with Crippen molar-refractivity contribution in [1.82, 2.24) is 19.9 Å². The molecule has 0 saturated heterocycles. The fourth-order valence-electron chi connectivity index (χ4n) is 2.89. The van der Waals surface area contributed by atoms with Crippen molar-refractivity contribution < 1.29 is 0 Å². The molecule has 4 heteroatoms. The second kappa shape index (κ2) is 7.31. The molecule has 4 nitrogen and oxygen atoms in total. The third-order valence-corrected chi connectivity index (χ3v) is 4.45. The van der Waals surface area contributed by atoms with Gasteiger partial charge in [0.25, 0.3) is 0 Å². The molecule has 0 amide bonds. The maximum atomic E-state index is 4.75. The first-order chi connectivity index (χ1) is 13.5. The van der Waals surface area contributed by atoms with E-state index in [2.05, 4.69) is 67.1 Å². The minimum Gasteiger partial charge on any atom is -0.253 e. The Kier molecular flexibility index (Phi) is 4.70. The lowest BCUT2D eigenvalue weighted by molar-refractivity contribution is 0.543. The van der Waals surface area contributed by atoms with Gasteiger partial charge in [-0.15, -0.1) is 0 Å². The van der Waals surface area contributed by atoms with Crippen LogP contribution in [0.3, 0.4) is 0 Å². The smallest absolute Gasteiger partial charge is 0.182 e. The Morgan fingerprint density at radius 2 is 1.18 bits per heavy atom. The first-order valence-electron chi connectivity index (χ1n) is 9.34. The molecule has 0 aliphatic heterocycles. The summed E-state index contributed by atoms with van der Waals surface area (Å²) in [5, 5.41) is 0. The number of rotatable bonds is 3. The van der Waals surface area contributed by atoms with E-state index in [0.29, 0.717) is 11.6 Å². The molecule has 2 aromatic carbocycles. The van der Waals surface area contributed by atoms with Crippen LogP contribution in [0.5, 0.6) is 0 Å². The quantitative estimate of drug-likeness (QED) is 0.476. The summed E-state index contributed by atoms with van der Waals surface area (Å²) >= 11 is 0. The maximum absolute atomic E-state index is 4.75. The van der Waals surface area contributed by atoms with Crippen LogP contribution in [0.25, 0.3) is 34.0 Å². The monoisotopic (exact) mass is 366 g/mol. The van der Waals surface area contributed by atoms with Crippen molar-refractivity contribution in [3.63, 3.8) is 0 Å². The molecule has 0 aliphatic rings. The fraction of sp³-hybridized carbons (Fsp3) is 0.167. The van der Waals surface area contributed by atoms with Gasteiger partial charge in [0.05, 0.1) is 0 Å². The zero-order chi connectivity index (χ0) is 19.6. The third kappa shape index (κ3) is 3.81. The molecule has 0 fully saturated rings. The Labute approximate surface area is 165 Å². The molecule has 0 radical (unpaired) electrons. The van der Waals surface area contributed by atoms with Gasteiger partial charge in [0, 0.05) is 17.2 Å². The van der Waals surface area contributed by atoms with Gasteiger partial charge in [0.1, 0.15) is 11.5 Å². The largest absolute Gasteiger partial charge is 0.253 e. The Morgan fingerprint density at radius 3 is 1.82 bits per heavy atom. The highest BCUT2D eigenvalue weighted by Crippen LogP contribution is 2.27. The summed E-state index contributed by atoms with van der Waals surface area (Å²) in [4.78, 5) is 18.5. The number of benzene rings is 2. The van der Waals surface area contributed by atoms with Gasteiger partial charge in [-0.25, -0.2) is 15.0 Å². The van der Waals surface area contributed by atoms with Crippen LogP contribution >= 0.6 is 0 Å². The molecule has 4 aromatic rings. The second-order valence-electron chi connectivity index (χ2n) is 7.71. The minimum absolute atomic E-state index is 0.189. The lowest BCUT2D eigenvalue weighted by Crippen LogP contribution is -2.18. The first-order valence-corrected chi connectivity index (χ1v) is 9.34. The molecule has 0 N–H and O–H groups in total. The van der Waals surface area contributed by atoms with Crippen molar-refractivity contribution in [1.29, 1.82) is 0 Å². The summed E-state index contributed by atoms with van der Waals surface area (Å²) in [7, 11) is 0. The van der Waals surface area contributed by atoms with E-state index in [1.54, 1.807) is 6.20 Å². The van der Waals surface area contributed by atoms with Gasteiger partial charge < -0.3 is 0 Å². The van der Waals surface area contributed by atoms with Crippen LogP contribution in [-0.2, 0) is 5.41 Å². The molecule has 2 heterocycles. The summed E-state index contributed by atoms with van der Waals surface area (Å²) in [5.41, 5.74) is 3.88. The summed E-state index contributed by atoms with van der Waals surface area (Å²) in [6, 6.07) is 24.4. The Morgan fingerprint density at radius 1 is 0.571 bits per heavy atom. The molecule has 0 unspecified atom stereocenters. The van der Waals surface area contributed by atoms with Crippen molar-refractivity contribution in [2.24, 2.45) is 0 Å². The molecular formula is C24H22N4. The lowest BCUT2D eigenvalue weighted by Gasteiger charge is -2.18. The fourth-order valence-corrected chi connectivity index (χ4v) is 2.89. The first kappa shape index (κ1) is 18.0. The van der Waals surface area contributed by atoms with Crippen LogP contribution < -0.4 is 0 Å². The highest BCUT2D eigenvalue weighted by Gasteiger charge is 2.21. The molecule has 0 spiro atoms. The Balaban J connectivity index is 1.78. The van der Waals surface area contributed by atoms with Gasteiger partial charge in [0.15, 0.2) is 11.6 Å². The molecule has 28 heavy (non-hydrogen) atoms. The molecule has 2 aromatic heterocycles. The molecule has 0 bridgehead atoms. The predicted octanol–water partition coefficient (Wildman–Crippen LogP) is 5.57. The van der Waals surface area contributed by atoms with Crippen LogP contribution in [-0.4, -0.2) is 19.9 Å². The normalized spacial score (nSPS) is 11.4. The Hall–Kier alpha value is -3.40. The van der Waals surface area contributed by atoms with Crippen molar-refractivity contribution in [3.05, 3.63) is 84.8 Å². The summed E-state index contributed by atoms with van der Waals surface area (Å²) < 4.78 is 0. The zero-order valence-electron chi connectivity index (χ0n) is 16.3. The molecule has 4 rings (SSSR count). The number of hydrogen-bond acceptors (Lipinski definition) is 4. The van der Waals surface area contributed by atoms with E-state index < -0.39 is 0 Å². The summed E-state index contributed by atoms with van der Waals surface area (Å²) in [6.45, 7) is 6.31. The molecular weight excluding hydrogens is 344 g/mol. The average molecular weight is 366 g/mol. The van der Waals surface area contributed by atoms with Gasteiger partial charge in [-0.2, -0.15) is 0 Å². The van der Waals surface area contributed by atoms with Gasteiger partial charge >= 0.3 is 0 Å². The number of aromatic nitrogens is 4. The van der Waals surface area contributed by atoms with Crippen molar-refractivity contribution in [3.8, 4) is 34.0 Å². The summed E-state index contributed by atoms with van der Waals surface area (Å²) in [5.74, 6) is 2.02. The topological polar surface area (TPSA) is 51.6 Å². The summed E-state index contributed by atoms with van der Waals surface area (Å²) in [6.07, 6.45) is 1.75. The van der Waals surface area contributed by atoms with Crippen molar-refractivity contribution >= 4 is 0 Å². The molecule has 0 atom stereocenters. The molecule has 0 aliphatic carbocycles. The van der Waals surface area contributed by atoms with Crippen molar-refractivity contribution in [2.45, 2.75) is 26.2 Å². The van der Waals surface area contributed by atoms with Crippen LogP contribution in [0.4, 0.5) is 0 Å². The second-order valence-corrected chi connectivity index (χ2v) is 7.71. The molecule has 138 valence electrons. The van der Waals surface area contributed by atoms with E-state index in [-0.39, 0.29) is 5.41 Å². The van der Waals surface area contributed by atoms with Crippen LogP contribution in [0.15, 0.2) is 79.0 Å². The van der Waals surface area contributed by atoms with E-state index in [1.807, 2.05) is 36.4 Å². The lowest BCUT2D eigenvalue weighted by atomic mass is 9.95. The number of nitrogens with zero attached hydrogens (tertiary/aromatic N) is 4. The standard InChI is InChI=1S/C24H22N4/c1-24(2,3)23-27-21(26-22(28-23)20-11-7-8-16-25-20)19-14-12-18(13-15-19)17-9-5-4-6-10-17/h4-16H,1-3H3. The minimum atomic E-state index is -0.189. The van der Waals surface area contributed by atoms with Crippen LogP contribution in [0.2, 0.25) is 0 Å². The van der Waals surface area contributed by atoms with Crippen LogP contribution in [0, 0.1) is 0 Å².